The maximum Gasteiger partial charge on any atom is 0.255 e. The first-order chi connectivity index (χ1) is 10.1. The molecular weight excluding hydrogens is 268 g/mol. The fourth-order valence-corrected chi connectivity index (χ4v) is 2.10. The Bertz CT molecular complexity index is 671. The number of nitrogens with one attached hydrogen (secondary N) is 1. The van der Waals surface area contributed by atoms with Crippen molar-refractivity contribution in [3.05, 3.63) is 35.5 Å². The van der Waals surface area contributed by atoms with Gasteiger partial charge in [-0.2, -0.15) is 0 Å². The summed E-state index contributed by atoms with van der Waals surface area (Å²) in [7, 11) is 1.57. The maximum absolute atomic E-state index is 12.1. The average Bonchev–Trinajstić information content (AvgIpc) is 2.46. The summed E-state index contributed by atoms with van der Waals surface area (Å²) in [6.07, 6.45) is 0. The van der Waals surface area contributed by atoms with Crippen molar-refractivity contribution in [3.8, 4) is 17.0 Å². The summed E-state index contributed by atoms with van der Waals surface area (Å²) >= 11 is 0. The molecule has 0 aliphatic rings. The number of amides is 1. The van der Waals surface area contributed by atoms with E-state index in [2.05, 4.69) is 15.3 Å². The molecule has 6 heteroatoms. The molecule has 1 amide bonds. The molecule has 0 atom stereocenters. The number of anilines is 1. The summed E-state index contributed by atoms with van der Waals surface area (Å²) in [5, 5.41) is 2.60. The topological polar surface area (TPSA) is 90.1 Å². The molecular formula is C15H18N4O2. The molecule has 21 heavy (non-hydrogen) atoms. The van der Waals surface area contributed by atoms with Crippen molar-refractivity contribution in [1.82, 2.24) is 15.3 Å². The third-order valence-electron chi connectivity index (χ3n) is 2.98. The molecule has 0 saturated heterocycles. The highest BCUT2D eigenvalue weighted by Gasteiger charge is 2.18. The minimum absolute atomic E-state index is 0.136. The number of hydrogen-bond donors (Lipinski definition) is 2. The van der Waals surface area contributed by atoms with E-state index in [1.165, 1.54) is 0 Å². The molecule has 110 valence electrons. The second-order valence-corrected chi connectivity index (χ2v) is 4.43. The van der Waals surface area contributed by atoms with Crippen molar-refractivity contribution in [2.75, 3.05) is 19.4 Å². The number of carbonyl (C=O) groups excluding carboxylic acids is 1. The zero-order valence-corrected chi connectivity index (χ0v) is 12.3. The molecule has 0 bridgehead atoms. The Morgan fingerprint density at radius 3 is 2.81 bits per heavy atom. The van der Waals surface area contributed by atoms with E-state index in [1.807, 2.05) is 31.2 Å². The first-order valence-electron chi connectivity index (χ1n) is 6.66. The SMILES string of the molecule is CCOc1cccc(-c2nc(N)nc(C)c2C(=O)NC)c1. The van der Waals surface area contributed by atoms with E-state index in [1.54, 1.807) is 14.0 Å². The van der Waals surface area contributed by atoms with Crippen LogP contribution in [0.2, 0.25) is 0 Å². The number of benzene rings is 1. The highest BCUT2D eigenvalue weighted by atomic mass is 16.5. The van der Waals surface area contributed by atoms with Gasteiger partial charge >= 0.3 is 0 Å². The second kappa shape index (κ2) is 6.21. The van der Waals surface area contributed by atoms with E-state index in [4.69, 9.17) is 10.5 Å². The van der Waals surface area contributed by atoms with Gasteiger partial charge < -0.3 is 15.8 Å². The normalized spacial score (nSPS) is 10.2. The zero-order chi connectivity index (χ0) is 15.4. The third-order valence-corrected chi connectivity index (χ3v) is 2.98. The molecule has 3 N–H and O–H groups in total. The van der Waals surface area contributed by atoms with Crippen molar-refractivity contribution in [1.29, 1.82) is 0 Å². The number of nitrogens with two attached hydrogens (primary N) is 1. The van der Waals surface area contributed by atoms with Crippen LogP contribution in [0.5, 0.6) is 5.75 Å². The van der Waals surface area contributed by atoms with Gasteiger partial charge in [0.25, 0.3) is 5.91 Å². The number of nitrogen functional groups attached to an aromatic ring is 1. The summed E-state index contributed by atoms with van der Waals surface area (Å²) in [4.78, 5) is 20.4. The van der Waals surface area contributed by atoms with Gasteiger partial charge in [0.15, 0.2) is 0 Å². The molecule has 2 aromatic rings. The average molecular weight is 286 g/mol. The highest BCUT2D eigenvalue weighted by Crippen LogP contribution is 2.27. The van der Waals surface area contributed by atoms with Gasteiger partial charge in [-0.05, 0) is 26.0 Å². The predicted molar refractivity (Wildman–Crippen MR) is 81.2 cm³/mol. The molecule has 0 spiro atoms. The Kier molecular flexibility index (Phi) is 4.37. The lowest BCUT2D eigenvalue weighted by Crippen LogP contribution is -2.21. The summed E-state index contributed by atoms with van der Waals surface area (Å²) in [5.41, 5.74) is 7.94. The van der Waals surface area contributed by atoms with E-state index in [-0.39, 0.29) is 11.9 Å². The van der Waals surface area contributed by atoms with Crippen molar-refractivity contribution in [2.24, 2.45) is 0 Å². The summed E-state index contributed by atoms with van der Waals surface area (Å²) in [6.45, 7) is 4.21. The van der Waals surface area contributed by atoms with Crippen LogP contribution >= 0.6 is 0 Å². The summed E-state index contributed by atoms with van der Waals surface area (Å²) in [6, 6.07) is 7.39. The van der Waals surface area contributed by atoms with Crippen molar-refractivity contribution < 1.29 is 9.53 Å². The van der Waals surface area contributed by atoms with E-state index in [0.717, 1.165) is 5.56 Å². The molecule has 6 nitrogen and oxygen atoms in total. The van der Waals surface area contributed by atoms with E-state index in [9.17, 15) is 4.79 Å². The smallest absolute Gasteiger partial charge is 0.255 e. The predicted octanol–water partition coefficient (Wildman–Crippen LogP) is 1.79. The van der Waals surface area contributed by atoms with Gasteiger partial charge in [0.1, 0.15) is 5.75 Å². The number of rotatable bonds is 4. The number of carbonyl (C=O) groups is 1. The lowest BCUT2D eigenvalue weighted by atomic mass is 10.0. The Morgan fingerprint density at radius 2 is 2.14 bits per heavy atom. The third kappa shape index (κ3) is 3.10. The first-order valence-corrected chi connectivity index (χ1v) is 6.66. The molecule has 0 aliphatic carbocycles. The Labute approximate surface area is 123 Å². The van der Waals surface area contributed by atoms with Crippen LogP contribution in [0.25, 0.3) is 11.3 Å². The lowest BCUT2D eigenvalue weighted by Gasteiger charge is -2.12. The number of hydrogen-bond acceptors (Lipinski definition) is 5. The molecule has 1 heterocycles. The summed E-state index contributed by atoms with van der Waals surface area (Å²) in [5.74, 6) is 0.606. The van der Waals surface area contributed by atoms with Crippen LogP contribution in [-0.4, -0.2) is 29.5 Å². The van der Waals surface area contributed by atoms with Crippen molar-refractivity contribution >= 4 is 11.9 Å². The van der Waals surface area contributed by atoms with Crippen LogP contribution in [0.1, 0.15) is 23.0 Å². The Balaban J connectivity index is 2.62. The minimum Gasteiger partial charge on any atom is -0.494 e. The molecule has 0 fully saturated rings. The quantitative estimate of drug-likeness (QED) is 0.894. The van der Waals surface area contributed by atoms with Crippen molar-refractivity contribution in [3.63, 3.8) is 0 Å². The van der Waals surface area contributed by atoms with Gasteiger partial charge in [0.05, 0.1) is 23.6 Å². The van der Waals surface area contributed by atoms with Gasteiger partial charge in [0, 0.05) is 12.6 Å². The van der Waals surface area contributed by atoms with Crippen LogP contribution in [0.15, 0.2) is 24.3 Å². The van der Waals surface area contributed by atoms with Gasteiger partial charge in [-0.3, -0.25) is 4.79 Å². The molecule has 1 aromatic carbocycles. The Morgan fingerprint density at radius 1 is 1.38 bits per heavy atom. The van der Waals surface area contributed by atoms with E-state index in [0.29, 0.717) is 29.3 Å². The zero-order valence-electron chi connectivity index (χ0n) is 12.3. The van der Waals surface area contributed by atoms with Crippen LogP contribution in [0.4, 0.5) is 5.95 Å². The second-order valence-electron chi connectivity index (χ2n) is 4.43. The van der Waals surface area contributed by atoms with Gasteiger partial charge in [-0.25, -0.2) is 9.97 Å². The maximum atomic E-state index is 12.1. The lowest BCUT2D eigenvalue weighted by molar-refractivity contribution is 0.0962. The molecule has 1 aromatic heterocycles. The fraction of sp³-hybridized carbons (Fsp3) is 0.267. The number of ether oxygens (including phenoxy) is 1. The van der Waals surface area contributed by atoms with Gasteiger partial charge in [-0.15, -0.1) is 0 Å². The number of aromatic nitrogens is 2. The standard InChI is InChI=1S/C15H18N4O2/c1-4-21-11-7-5-6-10(8-11)13-12(14(20)17-3)9(2)18-15(16)19-13/h5-8H,4H2,1-3H3,(H,17,20)(H2,16,18,19). The molecule has 0 unspecified atom stereocenters. The van der Waals surface area contributed by atoms with Crippen LogP contribution in [0.3, 0.4) is 0 Å². The molecule has 0 saturated carbocycles. The number of aryl methyl sites for hydroxylation is 1. The monoisotopic (exact) mass is 286 g/mol. The Hall–Kier alpha value is -2.63. The van der Waals surface area contributed by atoms with Crippen LogP contribution < -0.4 is 15.8 Å². The minimum atomic E-state index is -0.246. The van der Waals surface area contributed by atoms with Crippen LogP contribution in [0, 0.1) is 6.92 Å². The van der Waals surface area contributed by atoms with E-state index >= 15 is 0 Å². The van der Waals surface area contributed by atoms with Gasteiger partial charge in [-0.1, -0.05) is 12.1 Å². The largest absolute Gasteiger partial charge is 0.494 e. The van der Waals surface area contributed by atoms with Crippen LogP contribution in [-0.2, 0) is 0 Å². The van der Waals surface area contributed by atoms with Crippen molar-refractivity contribution in [2.45, 2.75) is 13.8 Å². The van der Waals surface area contributed by atoms with Gasteiger partial charge in [0.2, 0.25) is 5.95 Å². The molecule has 0 aliphatic heterocycles. The summed E-state index contributed by atoms with van der Waals surface area (Å²) < 4.78 is 5.48. The molecule has 0 radical (unpaired) electrons. The molecule has 2 rings (SSSR count). The first kappa shape index (κ1) is 14.8. The van der Waals surface area contributed by atoms with E-state index < -0.39 is 0 Å². The number of nitrogens with zero attached hydrogens (tertiary/aromatic N) is 2. The fourth-order valence-electron chi connectivity index (χ4n) is 2.10. The highest BCUT2D eigenvalue weighted by molar-refractivity contribution is 6.01.